The number of nitrogens with two attached hydrogens (primary N) is 1. The second-order valence-corrected chi connectivity index (χ2v) is 4.93. The lowest BCUT2D eigenvalue weighted by molar-refractivity contribution is 0.318. The maximum atomic E-state index is 8.95. The molecule has 2 aromatic rings. The zero-order valence-corrected chi connectivity index (χ0v) is 12.8. The van der Waals surface area contributed by atoms with Crippen molar-refractivity contribution in [3.63, 3.8) is 0 Å². The highest BCUT2D eigenvalue weighted by Crippen LogP contribution is 2.31. The molecule has 0 saturated heterocycles. The van der Waals surface area contributed by atoms with Crippen LogP contribution in [0.2, 0.25) is 0 Å². The fourth-order valence-corrected chi connectivity index (χ4v) is 2.25. The average molecular weight is 289 g/mol. The van der Waals surface area contributed by atoms with Gasteiger partial charge in [-0.3, -0.25) is 9.67 Å². The van der Waals surface area contributed by atoms with Gasteiger partial charge in [-0.15, -0.1) is 0 Å². The van der Waals surface area contributed by atoms with E-state index < -0.39 is 0 Å². The predicted molar refractivity (Wildman–Crippen MR) is 79.0 cm³/mol. The standard InChI is InChI=1S/C14H19N5O2/c1-7-6-11(12(8(2)16-7)14(15)18-20)21-13-9(3)17-19(5)10(13)4/h6,20H,1-5H3,(H2,15,18). The number of amidine groups is 1. The fourth-order valence-electron chi connectivity index (χ4n) is 2.25. The maximum absolute atomic E-state index is 8.95. The first-order valence-corrected chi connectivity index (χ1v) is 6.49. The van der Waals surface area contributed by atoms with Crippen LogP contribution >= 0.6 is 0 Å². The van der Waals surface area contributed by atoms with E-state index in [1.54, 1.807) is 17.7 Å². The SMILES string of the molecule is Cc1cc(Oc2c(C)nn(C)c2C)c(/C(N)=N/O)c(C)n1. The highest BCUT2D eigenvalue weighted by Gasteiger charge is 2.18. The molecule has 0 aliphatic heterocycles. The summed E-state index contributed by atoms with van der Waals surface area (Å²) in [5, 5.41) is 16.3. The summed E-state index contributed by atoms with van der Waals surface area (Å²) < 4.78 is 7.73. The molecule has 112 valence electrons. The van der Waals surface area contributed by atoms with Crippen LogP contribution in [0.1, 0.15) is 28.3 Å². The summed E-state index contributed by atoms with van der Waals surface area (Å²) in [6.45, 7) is 7.43. The molecule has 0 fully saturated rings. The van der Waals surface area contributed by atoms with Gasteiger partial charge in [-0.1, -0.05) is 5.16 Å². The molecule has 0 aromatic carbocycles. The van der Waals surface area contributed by atoms with Crippen molar-refractivity contribution in [3.8, 4) is 11.5 Å². The molecule has 0 aliphatic carbocycles. The normalized spacial score (nSPS) is 11.8. The third-order valence-electron chi connectivity index (χ3n) is 3.31. The predicted octanol–water partition coefficient (Wildman–Crippen LogP) is 1.94. The molecule has 7 heteroatoms. The van der Waals surface area contributed by atoms with Crippen molar-refractivity contribution in [2.45, 2.75) is 27.7 Å². The van der Waals surface area contributed by atoms with Gasteiger partial charge in [-0.05, 0) is 27.7 Å². The average Bonchev–Trinajstić information content (AvgIpc) is 2.64. The Bertz CT molecular complexity index is 719. The number of pyridine rings is 1. The van der Waals surface area contributed by atoms with E-state index in [4.69, 9.17) is 15.7 Å². The monoisotopic (exact) mass is 289 g/mol. The molecule has 0 unspecified atom stereocenters. The van der Waals surface area contributed by atoms with Crippen molar-refractivity contribution in [1.82, 2.24) is 14.8 Å². The lowest BCUT2D eigenvalue weighted by Gasteiger charge is -2.13. The number of nitrogens with zero attached hydrogens (tertiary/aromatic N) is 4. The molecule has 0 spiro atoms. The van der Waals surface area contributed by atoms with Crippen LogP contribution in [0.15, 0.2) is 11.2 Å². The van der Waals surface area contributed by atoms with Crippen molar-refractivity contribution in [2.24, 2.45) is 17.9 Å². The minimum absolute atomic E-state index is 0.0332. The Morgan fingerprint density at radius 3 is 2.48 bits per heavy atom. The van der Waals surface area contributed by atoms with E-state index in [0.717, 1.165) is 17.1 Å². The molecular formula is C14H19N5O2. The molecule has 3 N–H and O–H groups in total. The first-order valence-electron chi connectivity index (χ1n) is 6.49. The van der Waals surface area contributed by atoms with Crippen LogP contribution in [-0.4, -0.2) is 25.8 Å². The van der Waals surface area contributed by atoms with Crippen molar-refractivity contribution in [3.05, 3.63) is 34.4 Å². The lowest BCUT2D eigenvalue weighted by Crippen LogP contribution is -2.17. The van der Waals surface area contributed by atoms with Crippen molar-refractivity contribution in [1.29, 1.82) is 0 Å². The van der Waals surface area contributed by atoms with Gasteiger partial charge in [0.2, 0.25) is 0 Å². The van der Waals surface area contributed by atoms with Crippen molar-refractivity contribution in [2.75, 3.05) is 0 Å². The van der Waals surface area contributed by atoms with Gasteiger partial charge in [0.25, 0.3) is 0 Å². The van der Waals surface area contributed by atoms with Crippen LogP contribution in [0.25, 0.3) is 0 Å². The second kappa shape index (κ2) is 5.43. The van der Waals surface area contributed by atoms with Crippen LogP contribution < -0.4 is 10.5 Å². The van der Waals surface area contributed by atoms with Gasteiger partial charge in [0.05, 0.1) is 17.0 Å². The van der Waals surface area contributed by atoms with Crippen LogP contribution in [0.3, 0.4) is 0 Å². The molecule has 21 heavy (non-hydrogen) atoms. The summed E-state index contributed by atoms with van der Waals surface area (Å²) >= 11 is 0. The highest BCUT2D eigenvalue weighted by atomic mass is 16.5. The Balaban J connectivity index is 2.58. The molecular weight excluding hydrogens is 270 g/mol. The van der Waals surface area contributed by atoms with Gasteiger partial charge >= 0.3 is 0 Å². The fraction of sp³-hybridized carbons (Fsp3) is 0.357. The summed E-state index contributed by atoms with van der Waals surface area (Å²) in [6, 6.07) is 1.76. The van der Waals surface area contributed by atoms with E-state index >= 15 is 0 Å². The lowest BCUT2D eigenvalue weighted by atomic mass is 10.1. The van der Waals surface area contributed by atoms with Gasteiger partial charge < -0.3 is 15.7 Å². The van der Waals surface area contributed by atoms with Crippen LogP contribution in [0.5, 0.6) is 11.5 Å². The minimum atomic E-state index is -0.0332. The van der Waals surface area contributed by atoms with E-state index in [9.17, 15) is 0 Å². The first-order chi connectivity index (χ1) is 9.85. The van der Waals surface area contributed by atoms with Crippen LogP contribution in [0.4, 0.5) is 0 Å². The molecule has 0 aliphatic rings. The van der Waals surface area contributed by atoms with Gasteiger partial charge in [0.15, 0.2) is 11.6 Å². The van der Waals surface area contributed by atoms with Crippen molar-refractivity contribution >= 4 is 5.84 Å². The summed E-state index contributed by atoms with van der Waals surface area (Å²) in [5.41, 5.74) is 9.31. The van der Waals surface area contributed by atoms with Gasteiger partial charge in [0, 0.05) is 18.8 Å². The van der Waals surface area contributed by atoms with Crippen LogP contribution in [-0.2, 0) is 7.05 Å². The molecule has 0 atom stereocenters. The Morgan fingerprint density at radius 1 is 1.29 bits per heavy atom. The quantitative estimate of drug-likeness (QED) is 0.389. The molecule has 2 rings (SSSR count). The number of aromatic nitrogens is 3. The Hall–Kier alpha value is -2.57. The number of rotatable bonds is 3. The maximum Gasteiger partial charge on any atom is 0.175 e. The Labute approximate surface area is 123 Å². The van der Waals surface area contributed by atoms with E-state index in [2.05, 4.69) is 15.2 Å². The van der Waals surface area contributed by atoms with E-state index in [1.807, 2.05) is 27.8 Å². The third-order valence-corrected chi connectivity index (χ3v) is 3.31. The van der Waals surface area contributed by atoms with Crippen molar-refractivity contribution < 1.29 is 9.94 Å². The topological polar surface area (TPSA) is 98.6 Å². The van der Waals surface area contributed by atoms with Gasteiger partial charge in [-0.2, -0.15) is 5.10 Å². The number of hydrogen-bond donors (Lipinski definition) is 2. The number of hydrogen-bond acceptors (Lipinski definition) is 5. The molecule has 2 heterocycles. The number of aryl methyl sites for hydroxylation is 4. The van der Waals surface area contributed by atoms with Crippen LogP contribution in [0, 0.1) is 27.7 Å². The minimum Gasteiger partial charge on any atom is -0.453 e. The van der Waals surface area contributed by atoms with Gasteiger partial charge in [0.1, 0.15) is 11.4 Å². The zero-order chi connectivity index (χ0) is 15.7. The largest absolute Gasteiger partial charge is 0.453 e. The molecule has 2 aromatic heterocycles. The number of ether oxygens (including phenoxy) is 1. The Morgan fingerprint density at radius 2 is 1.95 bits per heavy atom. The number of oxime groups is 1. The molecule has 0 bridgehead atoms. The van der Waals surface area contributed by atoms with Gasteiger partial charge in [-0.25, -0.2) is 0 Å². The zero-order valence-electron chi connectivity index (χ0n) is 12.8. The van der Waals surface area contributed by atoms with E-state index in [-0.39, 0.29) is 5.84 Å². The van der Waals surface area contributed by atoms with E-state index in [0.29, 0.717) is 22.8 Å². The molecule has 0 saturated carbocycles. The smallest absolute Gasteiger partial charge is 0.175 e. The summed E-state index contributed by atoms with van der Waals surface area (Å²) in [7, 11) is 1.85. The Kier molecular flexibility index (Phi) is 3.84. The van der Waals surface area contributed by atoms with E-state index in [1.165, 1.54) is 0 Å². The summed E-state index contributed by atoms with van der Waals surface area (Å²) in [5.74, 6) is 1.12. The summed E-state index contributed by atoms with van der Waals surface area (Å²) in [4.78, 5) is 4.32. The first kappa shape index (κ1) is 14.8. The molecule has 0 radical (unpaired) electrons. The highest BCUT2D eigenvalue weighted by molar-refractivity contribution is 6.00. The third kappa shape index (κ3) is 2.67. The summed E-state index contributed by atoms with van der Waals surface area (Å²) in [6.07, 6.45) is 0. The molecule has 0 amide bonds. The molecule has 7 nitrogen and oxygen atoms in total. The second-order valence-electron chi connectivity index (χ2n) is 4.93.